The Morgan fingerprint density at radius 3 is 2.63 bits per heavy atom. The van der Waals surface area contributed by atoms with E-state index in [1.807, 2.05) is 24.3 Å². The van der Waals surface area contributed by atoms with Gasteiger partial charge in [0.05, 0.1) is 23.7 Å². The van der Waals surface area contributed by atoms with Crippen LogP contribution in [0.15, 0.2) is 46.9 Å². The Bertz CT molecular complexity index is 977. The Morgan fingerprint density at radius 1 is 1.22 bits per heavy atom. The largest absolute Gasteiger partial charge is 0.497 e. The second-order valence-corrected chi connectivity index (χ2v) is 6.62. The van der Waals surface area contributed by atoms with Gasteiger partial charge in [-0.3, -0.25) is 0 Å². The van der Waals surface area contributed by atoms with Crippen molar-refractivity contribution in [3.8, 4) is 5.75 Å². The van der Waals surface area contributed by atoms with Gasteiger partial charge < -0.3 is 14.8 Å². The van der Waals surface area contributed by atoms with Gasteiger partial charge in [-0.1, -0.05) is 12.1 Å². The van der Waals surface area contributed by atoms with Crippen molar-refractivity contribution in [1.82, 2.24) is 4.98 Å². The van der Waals surface area contributed by atoms with E-state index in [9.17, 15) is 9.18 Å². The van der Waals surface area contributed by atoms with Crippen molar-refractivity contribution >= 4 is 38.6 Å². The first-order valence-corrected chi connectivity index (χ1v) is 9.15. The molecule has 1 N–H and O–H groups in total. The molecule has 2 aromatic carbocycles. The summed E-state index contributed by atoms with van der Waals surface area (Å²) in [4.78, 5) is 16.8. The number of rotatable bonds is 6. The third kappa shape index (κ3) is 4.36. The molecule has 0 bridgehead atoms. The van der Waals surface area contributed by atoms with Gasteiger partial charge in [-0.05, 0) is 52.7 Å². The molecule has 0 aliphatic carbocycles. The molecular weight excluding hydrogens is 415 g/mol. The summed E-state index contributed by atoms with van der Waals surface area (Å²) in [5, 5.41) is 3.79. The second kappa shape index (κ2) is 8.35. The Labute approximate surface area is 164 Å². The Balaban J connectivity index is 1.95. The zero-order valence-electron chi connectivity index (χ0n) is 14.9. The van der Waals surface area contributed by atoms with Gasteiger partial charge in [-0.25, -0.2) is 14.2 Å². The molecule has 0 radical (unpaired) electrons. The topological polar surface area (TPSA) is 60.5 Å². The van der Waals surface area contributed by atoms with Crippen LogP contribution in [-0.4, -0.2) is 24.7 Å². The van der Waals surface area contributed by atoms with Crippen molar-refractivity contribution < 1.29 is 18.7 Å². The number of anilines is 1. The number of benzene rings is 2. The summed E-state index contributed by atoms with van der Waals surface area (Å²) in [5.41, 5.74) is 1.73. The van der Waals surface area contributed by atoms with Gasteiger partial charge in [-0.2, -0.15) is 0 Å². The van der Waals surface area contributed by atoms with Crippen LogP contribution in [0.25, 0.3) is 10.9 Å². The quantitative estimate of drug-likeness (QED) is 0.559. The lowest BCUT2D eigenvalue weighted by Gasteiger charge is -2.13. The number of carbonyl (C=O) groups is 1. The molecule has 7 heteroatoms. The van der Waals surface area contributed by atoms with Crippen LogP contribution in [0.2, 0.25) is 0 Å². The molecule has 3 rings (SSSR count). The fourth-order valence-corrected chi connectivity index (χ4v) is 2.96. The first-order chi connectivity index (χ1) is 13.0. The first kappa shape index (κ1) is 19.1. The standard InChI is InChI=1S/C20H18BrFN2O3/c1-3-27-20(25)15-8-13-9-16(21)17(22)10-18(13)24-19(15)23-11-12-4-6-14(26-2)7-5-12/h4-10H,3,11H2,1-2H3,(H,23,24). The number of esters is 1. The average Bonchev–Trinajstić information content (AvgIpc) is 2.67. The van der Waals surface area contributed by atoms with Gasteiger partial charge in [-0.15, -0.1) is 0 Å². The van der Waals surface area contributed by atoms with Crippen LogP contribution in [0.1, 0.15) is 22.8 Å². The second-order valence-electron chi connectivity index (χ2n) is 5.77. The lowest BCUT2D eigenvalue weighted by atomic mass is 10.1. The highest BCUT2D eigenvalue weighted by Gasteiger charge is 2.17. The van der Waals surface area contributed by atoms with Crippen molar-refractivity contribution in [2.75, 3.05) is 19.0 Å². The van der Waals surface area contributed by atoms with Gasteiger partial charge in [0, 0.05) is 18.0 Å². The van der Waals surface area contributed by atoms with Crippen LogP contribution in [0, 0.1) is 5.82 Å². The third-order valence-corrected chi connectivity index (χ3v) is 4.58. The molecule has 0 atom stereocenters. The van der Waals surface area contributed by atoms with Crippen LogP contribution in [0.3, 0.4) is 0 Å². The molecule has 0 aliphatic rings. The maximum atomic E-state index is 13.9. The number of methoxy groups -OCH3 is 1. The normalized spacial score (nSPS) is 10.7. The minimum atomic E-state index is -0.482. The van der Waals surface area contributed by atoms with Gasteiger partial charge in [0.25, 0.3) is 0 Å². The number of nitrogens with zero attached hydrogens (tertiary/aromatic N) is 1. The monoisotopic (exact) mass is 432 g/mol. The van der Waals surface area contributed by atoms with Crippen molar-refractivity contribution in [2.45, 2.75) is 13.5 Å². The molecule has 27 heavy (non-hydrogen) atoms. The Kier molecular flexibility index (Phi) is 5.91. The predicted molar refractivity (Wildman–Crippen MR) is 106 cm³/mol. The Hall–Kier alpha value is -2.67. The highest BCUT2D eigenvalue weighted by molar-refractivity contribution is 9.10. The Morgan fingerprint density at radius 2 is 1.96 bits per heavy atom. The van der Waals surface area contributed by atoms with E-state index in [-0.39, 0.29) is 6.61 Å². The van der Waals surface area contributed by atoms with Crippen LogP contribution in [0.5, 0.6) is 5.75 Å². The zero-order chi connectivity index (χ0) is 19.4. The molecule has 1 heterocycles. The number of ether oxygens (including phenoxy) is 2. The number of aromatic nitrogens is 1. The molecule has 0 spiro atoms. The van der Waals surface area contributed by atoms with E-state index < -0.39 is 11.8 Å². The summed E-state index contributed by atoms with van der Waals surface area (Å²) >= 11 is 3.16. The molecule has 3 aromatic rings. The summed E-state index contributed by atoms with van der Waals surface area (Å²) in [6.07, 6.45) is 0. The fraction of sp³-hybridized carbons (Fsp3) is 0.200. The number of pyridine rings is 1. The van der Waals surface area contributed by atoms with E-state index in [4.69, 9.17) is 9.47 Å². The van der Waals surface area contributed by atoms with Crippen LogP contribution < -0.4 is 10.1 Å². The smallest absolute Gasteiger partial charge is 0.341 e. The van der Waals surface area contributed by atoms with Crippen molar-refractivity contribution in [3.63, 3.8) is 0 Å². The molecule has 0 amide bonds. The molecule has 1 aromatic heterocycles. The highest BCUT2D eigenvalue weighted by atomic mass is 79.9. The average molecular weight is 433 g/mol. The molecule has 0 fully saturated rings. The zero-order valence-corrected chi connectivity index (χ0v) is 16.5. The first-order valence-electron chi connectivity index (χ1n) is 8.35. The summed E-state index contributed by atoms with van der Waals surface area (Å²) in [6, 6.07) is 12.1. The number of hydrogen-bond donors (Lipinski definition) is 1. The molecule has 5 nitrogen and oxygen atoms in total. The molecule has 0 unspecified atom stereocenters. The SMILES string of the molecule is CCOC(=O)c1cc2cc(Br)c(F)cc2nc1NCc1ccc(OC)cc1. The number of hydrogen-bond acceptors (Lipinski definition) is 5. The maximum absolute atomic E-state index is 13.9. The van der Waals surface area contributed by atoms with E-state index in [2.05, 4.69) is 26.2 Å². The van der Waals surface area contributed by atoms with E-state index in [1.54, 1.807) is 26.2 Å². The van der Waals surface area contributed by atoms with Gasteiger partial charge >= 0.3 is 5.97 Å². The van der Waals surface area contributed by atoms with E-state index >= 15 is 0 Å². The molecule has 140 valence electrons. The highest BCUT2D eigenvalue weighted by Crippen LogP contribution is 2.27. The van der Waals surface area contributed by atoms with Gasteiger partial charge in [0.2, 0.25) is 0 Å². The molecule has 0 saturated carbocycles. The van der Waals surface area contributed by atoms with E-state index in [1.165, 1.54) is 6.07 Å². The number of halogens is 2. The summed E-state index contributed by atoms with van der Waals surface area (Å²) in [6.45, 7) is 2.43. The van der Waals surface area contributed by atoms with Gasteiger partial charge in [0.15, 0.2) is 0 Å². The maximum Gasteiger partial charge on any atom is 0.341 e. The molecule has 0 saturated heterocycles. The summed E-state index contributed by atoms with van der Waals surface area (Å²) < 4.78 is 24.5. The van der Waals surface area contributed by atoms with Crippen molar-refractivity contribution in [3.05, 3.63) is 63.9 Å². The minimum absolute atomic E-state index is 0.252. The van der Waals surface area contributed by atoms with E-state index in [0.29, 0.717) is 33.3 Å². The number of carbonyl (C=O) groups excluding carboxylic acids is 1. The summed E-state index contributed by atoms with van der Waals surface area (Å²) in [5.74, 6) is 0.207. The van der Waals surface area contributed by atoms with Crippen LogP contribution in [-0.2, 0) is 11.3 Å². The van der Waals surface area contributed by atoms with Crippen molar-refractivity contribution in [1.29, 1.82) is 0 Å². The lowest BCUT2D eigenvalue weighted by molar-refractivity contribution is 0.0527. The van der Waals surface area contributed by atoms with Gasteiger partial charge in [0.1, 0.15) is 22.9 Å². The summed E-state index contributed by atoms with van der Waals surface area (Å²) in [7, 11) is 1.61. The fourth-order valence-electron chi connectivity index (χ4n) is 2.60. The number of fused-ring (bicyclic) bond motifs is 1. The molecular formula is C20H18BrFN2O3. The molecule has 0 aliphatic heterocycles. The van der Waals surface area contributed by atoms with Crippen LogP contribution >= 0.6 is 15.9 Å². The minimum Gasteiger partial charge on any atom is -0.497 e. The lowest BCUT2D eigenvalue weighted by Crippen LogP contribution is -2.12. The predicted octanol–water partition coefficient (Wildman–Crippen LogP) is 4.93. The number of nitrogens with one attached hydrogen (secondary N) is 1. The van der Waals surface area contributed by atoms with E-state index in [0.717, 1.165) is 11.3 Å². The third-order valence-electron chi connectivity index (χ3n) is 3.97. The van der Waals surface area contributed by atoms with Crippen molar-refractivity contribution in [2.24, 2.45) is 0 Å². The van der Waals surface area contributed by atoms with Crippen LogP contribution in [0.4, 0.5) is 10.2 Å².